The molecule has 2 aliphatic carbocycles. The van der Waals surface area contributed by atoms with E-state index in [2.05, 4.69) is 73.3 Å². The van der Waals surface area contributed by atoms with Crippen molar-refractivity contribution < 1.29 is 27.7 Å². The van der Waals surface area contributed by atoms with Crippen LogP contribution in [0.3, 0.4) is 0 Å². The maximum atomic E-state index is 6.37. The minimum atomic E-state index is -1.49. The number of halogens is 2. The number of rotatable bonds is 5. The van der Waals surface area contributed by atoms with E-state index in [1.165, 1.54) is 11.1 Å². The molecular formula is C20H34Cl2OSiZr. The zero-order valence-corrected chi connectivity index (χ0v) is 22.3. The first kappa shape index (κ1) is 25.6. The quantitative estimate of drug-likeness (QED) is 0.384. The Morgan fingerprint density at radius 2 is 1.64 bits per heavy atom. The van der Waals surface area contributed by atoms with Gasteiger partial charge in [0.15, 0.2) is 0 Å². The standard InChI is InChI=1S/C10H17OSi.C10H15.2ClH.Zr/c1-9(11-12(2,3)4)10-7-5-6-8-10;1-7-6-10(4,5)9(3)8(7)2;;;/h5,7,9H,6H2,1-4H3;1-5H3;2*1H;. The third-order valence-corrected chi connectivity index (χ3v) is 11.4. The smallest absolute Gasteiger partial charge is 0.147 e. The molecule has 1 unspecified atom stereocenters. The molecule has 0 aromatic heterocycles. The molecule has 0 saturated carbocycles. The second-order valence-corrected chi connectivity index (χ2v) is 16.2. The van der Waals surface area contributed by atoms with Crippen molar-refractivity contribution in [3.8, 4) is 0 Å². The summed E-state index contributed by atoms with van der Waals surface area (Å²) in [5, 5.41) is 0. The normalized spacial score (nSPS) is 20.7. The average molecular weight is 481 g/mol. The van der Waals surface area contributed by atoms with Crippen molar-refractivity contribution in [3.63, 3.8) is 0 Å². The first-order valence-electron chi connectivity index (χ1n) is 8.69. The maximum absolute atomic E-state index is 6.37. The summed E-state index contributed by atoms with van der Waals surface area (Å²) in [6, 6.07) is 0. The van der Waals surface area contributed by atoms with Crippen LogP contribution in [0, 0.1) is 5.41 Å². The third kappa shape index (κ3) is 5.55. The van der Waals surface area contributed by atoms with Gasteiger partial charge in [-0.05, 0) is 0 Å². The molecule has 2 rings (SSSR count). The van der Waals surface area contributed by atoms with E-state index in [0.717, 1.165) is 6.42 Å². The minimum Gasteiger partial charge on any atom is -0.147 e. The van der Waals surface area contributed by atoms with Crippen LogP contribution in [0.25, 0.3) is 0 Å². The van der Waals surface area contributed by atoms with Gasteiger partial charge >= 0.3 is 156 Å². The van der Waals surface area contributed by atoms with Crippen molar-refractivity contribution >= 4 is 33.1 Å². The molecule has 0 bridgehead atoms. The second kappa shape index (κ2) is 9.20. The van der Waals surface area contributed by atoms with Gasteiger partial charge in [0.05, 0.1) is 0 Å². The van der Waals surface area contributed by atoms with E-state index < -0.39 is 31.6 Å². The van der Waals surface area contributed by atoms with E-state index in [4.69, 9.17) is 4.43 Å². The van der Waals surface area contributed by atoms with E-state index in [-0.39, 0.29) is 36.3 Å². The summed E-state index contributed by atoms with van der Waals surface area (Å²) in [6.07, 6.45) is 6.11. The van der Waals surface area contributed by atoms with Crippen molar-refractivity contribution in [2.75, 3.05) is 0 Å². The van der Waals surface area contributed by atoms with Gasteiger partial charge in [0.2, 0.25) is 0 Å². The molecule has 0 amide bonds. The summed E-state index contributed by atoms with van der Waals surface area (Å²) in [4.78, 5) is 0. The predicted octanol–water partition coefficient (Wildman–Crippen LogP) is 7.02. The van der Waals surface area contributed by atoms with Gasteiger partial charge in [0.1, 0.15) is 0 Å². The molecule has 0 spiro atoms. The van der Waals surface area contributed by atoms with E-state index in [0.29, 0.717) is 0 Å². The van der Waals surface area contributed by atoms with Crippen LogP contribution in [0.5, 0.6) is 0 Å². The molecule has 5 heteroatoms. The summed E-state index contributed by atoms with van der Waals surface area (Å²) in [6.45, 7) is 20.9. The molecule has 25 heavy (non-hydrogen) atoms. The van der Waals surface area contributed by atoms with Crippen LogP contribution in [-0.4, -0.2) is 14.4 Å². The Balaban J connectivity index is 0.00000288. The third-order valence-electron chi connectivity index (χ3n) is 5.27. The Kier molecular flexibility index (Phi) is 9.42. The molecule has 0 aromatic rings. The minimum absolute atomic E-state index is 0. The van der Waals surface area contributed by atoms with Gasteiger partial charge in [0, 0.05) is 0 Å². The van der Waals surface area contributed by atoms with Crippen molar-refractivity contribution in [2.45, 2.75) is 73.7 Å². The summed E-state index contributed by atoms with van der Waals surface area (Å²) < 4.78 is 9.86. The van der Waals surface area contributed by atoms with Gasteiger partial charge in [0.25, 0.3) is 0 Å². The molecule has 0 aromatic carbocycles. The molecular weight excluding hydrogens is 446 g/mol. The Labute approximate surface area is 180 Å². The van der Waals surface area contributed by atoms with Crippen LogP contribution in [0.4, 0.5) is 0 Å². The fourth-order valence-electron chi connectivity index (χ4n) is 3.61. The molecule has 0 N–H and O–H groups in total. The first-order valence-corrected chi connectivity index (χ1v) is 14.6. The molecule has 0 aliphatic heterocycles. The van der Waals surface area contributed by atoms with Crippen molar-refractivity contribution in [1.82, 2.24) is 0 Å². The fraction of sp³-hybridized carbons (Fsp3) is 0.600. The summed E-state index contributed by atoms with van der Waals surface area (Å²) in [5.74, 6) is 0. The Hall–Kier alpha value is 0.600. The van der Waals surface area contributed by atoms with Gasteiger partial charge < -0.3 is 0 Å². The number of allylic oxidation sites excluding steroid dienone is 6. The van der Waals surface area contributed by atoms with E-state index >= 15 is 0 Å². The molecule has 1 nitrogen and oxygen atoms in total. The molecule has 1 atom stereocenters. The monoisotopic (exact) mass is 478 g/mol. The predicted molar refractivity (Wildman–Crippen MR) is 114 cm³/mol. The number of hydrogen-bond donors (Lipinski definition) is 0. The van der Waals surface area contributed by atoms with Gasteiger partial charge in [-0.25, -0.2) is 0 Å². The number of hydrogen-bond acceptors (Lipinski definition) is 1. The van der Waals surface area contributed by atoms with Gasteiger partial charge in [-0.15, -0.1) is 24.8 Å². The molecule has 142 valence electrons. The Morgan fingerprint density at radius 3 is 2.08 bits per heavy atom. The Bertz CT molecular complexity index is 637. The molecule has 0 fully saturated rings. The van der Waals surface area contributed by atoms with E-state index in [1.54, 1.807) is 17.7 Å². The largest absolute Gasteiger partial charge is 0.147 e. The van der Waals surface area contributed by atoms with Crippen LogP contribution >= 0.6 is 24.8 Å². The van der Waals surface area contributed by atoms with Crippen molar-refractivity contribution in [3.05, 3.63) is 41.0 Å². The van der Waals surface area contributed by atoms with Crippen molar-refractivity contribution in [2.24, 2.45) is 5.41 Å². The zero-order chi connectivity index (χ0) is 17.6. The van der Waals surface area contributed by atoms with E-state index in [9.17, 15) is 0 Å². The van der Waals surface area contributed by atoms with Crippen LogP contribution in [0.2, 0.25) is 19.6 Å². The summed E-state index contributed by atoms with van der Waals surface area (Å²) in [7, 11) is -1.49. The van der Waals surface area contributed by atoms with Crippen LogP contribution < -0.4 is 0 Å². The van der Waals surface area contributed by atoms with Crippen LogP contribution in [0.1, 0.15) is 48.0 Å². The van der Waals surface area contributed by atoms with E-state index in [1.807, 2.05) is 0 Å². The fourth-order valence-corrected chi connectivity index (χ4v) is 9.29. The van der Waals surface area contributed by atoms with Crippen LogP contribution in [-0.2, 0) is 27.7 Å². The topological polar surface area (TPSA) is 9.23 Å². The summed E-state index contributed by atoms with van der Waals surface area (Å²) >= 11 is -0.739. The Morgan fingerprint density at radius 1 is 1.08 bits per heavy atom. The molecule has 2 aliphatic rings. The first-order chi connectivity index (χ1) is 10.4. The SMILES string of the molecule is CC1=C(C)C(C)(C)[C]([Zr][C]2=C(C(C)O[Si](C)(C)C)C=CC2)=C1C.Cl.Cl. The molecule has 0 heterocycles. The van der Waals surface area contributed by atoms with Gasteiger partial charge in [-0.2, -0.15) is 0 Å². The maximum Gasteiger partial charge on any atom is -0.147 e. The molecule has 0 saturated heterocycles. The van der Waals surface area contributed by atoms with Gasteiger partial charge in [-0.3, -0.25) is 0 Å². The van der Waals surface area contributed by atoms with Crippen LogP contribution in [0.15, 0.2) is 41.0 Å². The average Bonchev–Trinajstić information content (AvgIpc) is 2.92. The van der Waals surface area contributed by atoms with Gasteiger partial charge in [-0.1, -0.05) is 0 Å². The van der Waals surface area contributed by atoms with Crippen molar-refractivity contribution in [1.29, 1.82) is 0 Å². The molecule has 0 radical (unpaired) electrons. The summed E-state index contributed by atoms with van der Waals surface area (Å²) in [5.41, 5.74) is 6.45. The second-order valence-electron chi connectivity index (χ2n) is 8.41. The zero-order valence-electron chi connectivity index (χ0n) is 17.2.